The highest BCUT2D eigenvalue weighted by Crippen LogP contribution is 2.34. The van der Waals surface area contributed by atoms with Gasteiger partial charge in [0.05, 0.1) is 6.61 Å². The van der Waals surface area contributed by atoms with Crippen LogP contribution in [0.2, 0.25) is 0 Å². The van der Waals surface area contributed by atoms with Crippen LogP contribution in [0.15, 0.2) is 24.3 Å². The smallest absolute Gasteiger partial charge is 0.122 e. The Labute approximate surface area is 98.0 Å². The van der Waals surface area contributed by atoms with Gasteiger partial charge in [-0.05, 0) is 31.5 Å². The fourth-order valence-electron chi connectivity index (χ4n) is 2.14. The van der Waals surface area contributed by atoms with Crippen molar-refractivity contribution in [2.24, 2.45) is 5.92 Å². The molecule has 0 spiro atoms. The van der Waals surface area contributed by atoms with Crippen LogP contribution in [0.5, 0.6) is 5.75 Å². The minimum Gasteiger partial charge on any atom is -0.493 e. The molecule has 1 unspecified atom stereocenters. The maximum absolute atomic E-state index is 5.66. The van der Waals surface area contributed by atoms with Crippen LogP contribution in [0.3, 0.4) is 0 Å². The molecule has 0 bridgehead atoms. The van der Waals surface area contributed by atoms with Crippen LogP contribution in [-0.4, -0.2) is 19.7 Å². The summed E-state index contributed by atoms with van der Waals surface area (Å²) in [6.07, 6.45) is 1.17. The largest absolute Gasteiger partial charge is 0.493 e. The summed E-state index contributed by atoms with van der Waals surface area (Å²) in [5.41, 5.74) is 1.38. The van der Waals surface area contributed by atoms with Crippen molar-refractivity contribution in [1.82, 2.24) is 5.32 Å². The SMILES string of the molecule is CC(C)CNCCC1COc2ccccc21. The van der Waals surface area contributed by atoms with E-state index in [4.69, 9.17) is 4.74 Å². The van der Waals surface area contributed by atoms with Crippen molar-refractivity contribution < 1.29 is 4.74 Å². The summed E-state index contributed by atoms with van der Waals surface area (Å²) in [6, 6.07) is 8.40. The van der Waals surface area contributed by atoms with Gasteiger partial charge in [-0.15, -0.1) is 0 Å². The Kier molecular flexibility index (Phi) is 3.83. The highest BCUT2D eigenvalue weighted by molar-refractivity contribution is 5.39. The maximum atomic E-state index is 5.66. The molecule has 1 N–H and O–H groups in total. The molecule has 2 rings (SSSR count). The minimum atomic E-state index is 0.580. The highest BCUT2D eigenvalue weighted by Gasteiger charge is 2.22. The van der Waals surface area contributed by atoms with Gasteiger partial charge in [0.15, 0.2) is 0 Å². The predicted molar refractivity (Wildman–Crippen MR) is 67.0 cm³/mol. The average molecular weight is 219 g/mol. The molecule has 16 heavy (non-hydrogen) atoms. The van der Waals surface area contributed by atoms with Gasteiger partial charge in [0, 0.05) is 11.5 Å². The Morgan fingerprint density at radius 1 is 1.38 bits per heavy atom. The van der Waals surface area contributed by atoms with E-state index < -0.39 is 0 Å². The first-order valence-electron chi connectivity index (χ1n) is 6.20. The molecule has 88 valence electrons. The van der Waals surface area contributed by atoms with Crippen LogP contribution in [0.25, 0.3) is 0 Å². The van der Waals surface area contributed by atoms with Crippen molar-refractivity contribution in [3.63, 3.8) is 0 Å². The normalized spacial score (nSPS) is 18.6. The number of hydrogen-bond donors (Lipinski definition) is 1. The van der Waals surface area contributed by atoms with E-state index in [0.29, 0.717) is 5.92 Å². The molecule has 0 aliphatic carbocycles. The third-order valence-electron chi connectivity index (χ3n) is 3.02. The summed E-state index contributed by atoms with van der Waals surface area (Å²) in [7, 11) is 0. The molecular weight excluding hydrogens is 198 g/mol. The Bertz CT molecular complexity index is 335. The lowest BCUT2D eigenvalue weighted by molar-refractivity contribution is 0.323. The lowest BCUT2D eigenvalue weighted by atomic mass is 9.98. The lowest BCUT2D eigenvalue weighted by Gasteiger charge is -2.11. The summed E-state index contributed by atoms with van der Waals surface area (Å²) < 4.78 is 5.66. The molecule has 0 fully saturated rings. The maximum Gasteiger partial charge on any atom is 0.122 e. The molecule has 2 heteroatoms. The van der Waals surface area contributed by atoms with E-state index in [1.807, 2.05) is 6.07 Å². The quantitative estimate of drug-likeness (QED) is 0.769. The Morgan fingerprint density at radius 3 is 3.00 bits per heavy atom. The molecule has 1 aromatic carbocycles. The summed E-state index contributed by atoms with van der Waals surface area (Å²) in [5, 5.41) is 3.49. The van der Waals surface area contributed by atoms with E-state index in [0.717, 1.165) is 31.4 Å². The fourth-order valence-corrected chi connectivity index (χ4v) is 2.14. The predicted octanol–water partition coefficient (Wildman–Crippen LogP) is 2.80. The lowest BCUT2D eigenvalue weighted by Crippen LogP contribution is -2.22. The van der Waals surface area contributed by atoms with Crippen LogP contribution in [0.1, 0.15) is 31.7 Å². The zero-order valence-electron chi connectivity index (χ0n) is 10.2. The van der Waals surface area contributed by atoms with E-state index in [-0.39, 0.29) is 0 Å². The van der Waals surface area contributed by atoms with Crippen molar-refractivity contribution in [2.75, 3.05) is 19.7 Å². The molecule has 0 saturated carbocycles. The summed E-state index contributed by atoms with van der Waals surface area (Å²) in [6.45, 7) is 7.51. The zero-order chi connectivity index (χ0) is 11.4. The molecule has 0 saturated heterocycles. The van der Waals surface area contributed by atoms with Crippen molar-refractivity contribution in [2.45, 2.75) is 26.2 Å². The van der Waals surface area contributed by atoms with Crippen LogP contribution in [-0.2, 0) is 0 Å². The van der Waals surface area contributed by atoms with Crippen LogP contribution < -0.4 is 10.1 Å². The van der Waals surface area contributed by atoms with Gasteiger partial charge < -0.3 is 10.1 Å². The van der Waals surface area contributed by atoms with Gasteiger partial charge in [-0.3, -0.25) is 0 Å². The number of para-hydroxylation sites is 1. The topological polar surface area (TPSA) is 21.3 Å². The minimum absolute atomic E-state index is 0.580. The fraction of sp³-hybridized carbons (Fsp3) is 0.571. The molecule has 1 aliphatic rings. The molecule has 1 atom stereocenters. The Balaban J connectivity index is 1.80. The summed E-state index contributed by atoms with van der Waals surface area (Å²) >= 11 is 0. The van der Waals surface area contributed by atoms with Crippen molar-refractivity contribution in [3.8, 4) is 5.75 Å². The van der Waals surface area contributed by atoms with Crippen LogP contribution in [0, 0.1) is 5.92 Å². The first-order valence-corrected chi connectivity index (χ1v) is 6.20. The van der Waals surface area contributed by atoms with E-state index >= 15 is 0 Å². The number of benzene rings is 1. The summed E-state index contributed by atoms with van der Waals surface area (Å²) in [4.78, 5) is 0. The number of rotatable bonds is 5. The van der Waals surface area contributed by atoms with Gasteiger partial charge in [-0.2, -0.15) is 0 Å². The Hall–Kier alpha value is -1.02. The molecule has 1 heterocycles. The summed E-state index contributed by atoms with van der Waals surface area (Å²) in [5.74, 6) is 2.39. The van der Waals surface area contributed by atoms with Gasteiger partial charge >= 0.3 is 0 Å². The second-order valence-electron chi connectivity index (χ2n) is 4.93. The average Bonchev–Trinajstić information content (AvgIpc) is 2.68. The third-order valence-corrected chi connectivity index (χ3v) is 3.02. The molecule has 1 aliphatic heterocycles. The van der Waals surface area contributed by atoms with E-state index in [2.05, 4.69) is 37.4 Å². The Morgan fingerprint density at radius 2 is 2.19 bits per heavy atom. The molecule has 2 nitrogen and oxygen atoms in total. The first-order chi connectivity index (χ1) is 7.77. The van der Waals surface area contributed by atoms with Crippen molar-refractivity contribution in [1.29, 1.82) is 0 Å². The molecule has 0 aromatic heterocycles. The zero-order valence-corrected chi connectivity index (χ0v) is 10.2. The third kappa shape index (κ3) is 2.76. The van der Waals surface area contributed by atoms with Gasteiger partial charge in [-0.25, -0.2) is 0 Å². The molecule has 1 aromatic rings. The first kappa shape index (κ1) is 11.5. The molecule has 0 amide bonds. The van der Waals surface area contributed by atoms with Gasteiger partial charge in [0.1, 0.15) is 5.75 Å². The van der Waals surface area contributed by atoms with Crippen LogP contribution in [0.4, 0.5) is 0 Å². The molecule has 0 radical (unpaired) electrons. The number of ether oxygens (including phenoxy) is 1. The standard InChI is InChI=1S/C14H21NO/c1-11(2)9-15-8-7-12-10-16-14-6-4-3-5-13(12)14/h3-6,11-12,15H,7-10H2,1-2H3. The van der Waals surface area contributed by atoms with Crippen molar-refractivity contribution >= 4 is 0 Å². The van der Waals surface area contributed by atoms with Gasteiger partial charge in [0.25, 0.3) is 0 Å². The number of hydrogen-bond acceptors (Lipinski definition) is 2. The number of nitrogens with one attached hydrogen (secondary N) is 1. The van der Waals surface area contributed by atoms with E-state index in [1.165, 1.54) is 12.0 Å². The van der Waals surface area contributed by atoms with Crippen LogP contribution >= 0.6 is 0 Å². The molecular formula is C14H21NO. The van der Waals surface area contributed by atoms with Crippen molar-refractivity contribution in [3.05, 3.63) is 29.8 Å². The number of fused-ring (bicyclic) bond motifs is 1. The van der Waals surface area contributed by atoms with E-state index in [1.54, 1.807) is 0 Å². The van der Waals surface area contributed by atoms with E-state index in [9.17, 15) is 0 Å². The second-order valence-corrected chi connectivity index (χ2v) is 4.93. The van der Waals surface area contributed by atoms with Gasteiger partial charge in [0.2, 0.25) is 0 Å². The monoisotopic (exact) mass is 219 g/mol. The van der Waals surface area contributed by atoms with Gasteiger partial charge in [-0.1, -0.05) is 32.0 Å². The second kappa shape index (κ2) is 5.35. The highest BCUT2D eigenvalue weighted by atomic mass is 16.5.